The molecule has 0 bridgehead atoms. The average molecular weight is 236 g/mol. The van der Waals surface area contributed by atoms with Gasteiger partial charge < -0.3 is 16.0 Å². The van der Waals surface area contributed by atoms with Crippen molar-refractivity contribution in [3.8, 4) is 6.07 Å². The monoisotopic (exact) mass is 236 g/mol. The SMILES string of the molecule is CCCCCCCN1C(=O)NC=C(C#N)C1N. The highest BCUT2D eigenvalue weighted by Gasteiger charge is 2.26. The molecular formula is C12H20N4O. The third-order valence-corrected chi connectivity index (χ3v) is 2.90. The minimum absolute atomic E-state index is 0.216. The van der Waals surface area contributed by atoms with Crippen molar-refractivity contribution in [1.29, 1.82) is 5.26 Å². The molecule has 2 amide bonds. The van der Waals surface area contributed by atoms with Gasteiger partial charge in [-0.15, -0.1) is 0 Å². The summed E-state index contributed by atoms with van der Waals surface area (Å²) in [6.07, 6.45) is 6.42. The number of carbonyl (C=O) groups is 1. The Morgan fingerprint density at radius 1 is 1.47 bits per heavy atom. The van der Waals surface area contributed by atoms with Gasteiger partial charge in [0.05, 0.1) is 11.6 Å². The first-order valence-corrected chi connectivity index (χ1v) is 6.13. The number of nitrogens with zero attached hydrogens (tertiary/aromatic N) is 2. The summed E-state index contributed by atoms with van der Waals surface area (Å²) in [6, 6.07) is 1.78. The molecule has 1 unspecified atom stereocenters. The lowest BCUT2D eigenvalue weighted by Crippen LogP contribution is -2.53. The molecule has 94 valence electrons. The summed E-state index contributed by atoms with van der Waals surface area (Å²) >= 11 is 0. The molecular weight excluding hydrogens is 216 g/mol. The van der Waals surface area contributed by atoms with Crippen LogP contribution in [0.3, 0.4) is 0 Å². The molecule has 0 fully saturated rings. The number of urea groups is 1. The van der Waals surface area contributed by atoms with Crippen LogP contribution < -0.4 is 11.1 Å². The highest BCUT2D eigenvalue weighted by Crippen LogP contribution is 2.12. The largest absolute Gasteiger partial charge is 0.322 e. The minimum atomic E-state index is -0.597. The van der Waals surface area contributed by atoms with Gasteiger partial charge in [-0.3, -0.25) is 0 Å². The molecule has 0 saturated carbocycles. The summed E-state index contributed by atoms with van der Waals surface area (Å²) in [5, 5.41) is 11.4. The third-order valence-electron chi connectivity index (χ3n) is 2.90. The molecule has 0 aromatic carbocycles. The molecule has 5 heteroatoms. The van der Waals surface area contributed by atoms with E-state index in [2.05, 4.69) is 12.2 Å². The number of nitrogens with one attached hydrogen (secondary N) is 1. The third kappa shape index (κ3) is 3.75. The molecule has 0 radical (unpaired) electrons. The zero-order valence-corrected chi connectivity index (χ0v) is 10.3. The van der Waals surface area contributed by atoms with Gasteiger partial charge >= 0.3 is 6.03 Å². The molecule has 0 aliphatic carbocycles. The first-order chi connectivity index (χ1) is 8.20. The molecule has 1 aliphatic rings. The summed E-state index contributed by atoms with van der Waals surface area (Å²) in [4.78, 5) is 13.1. The Hall–Kier alpha value is -1.54. The summed E-state index contributed by atoms with van der Waals surface area (Å²) in [7, 11) is 0. The highest BCUT2D eigenvalue weighted by atomic mass is 16.2. The van der Waals surface area contributed by atoms with Crippen LogP contribution in [0.4, 0.5) is 4.79 Å². The van der Waals surface area contributed by atoms with Crippen molar-refractivity contribution in [3.63, 3.8) is 0 Å². The molecule has 3 N–H and O–H groups in total. The van der Waals surface area contributed by atoms with Crippen molar-refractivity contribution in [2.45, 2.75) is 45.2 Å². The van der Waals surface area contributed by atoms with Crippen LogP contribution in [-0.4, -0.2) is 23.6 Å². The Balaban J connectivity index is 2.39. The first-order valence-electron chi connectivity index (χ1n) is 6.13. The number of unbranched alkanes of at least 4 members (excludes halogenated alkanes) is 4. The summed E-state index contributed by atoms with van der Waals surface area (Å²) in [6.45, 7) is 2.77. The molecule has 0 saturated heterocycles. The highest BCUT2D eigenvalue weighted by molar-refractivity contribution is 5.78. The van der Waals surface area contributed by atoms with Gasteiger partial charge in [0, 0.05) is 12.7 Å². The Morgan fingerprint density at radius 3 is 2.82 bits per heavy atom. The molecule has 0 aromatic heterocycles. The maximum absolute atomic E-state index is 11.6. The number of hydrogen-bond donors (Lipinski definition) is 2. The zero-order valence-electron chi connectivity index (χ0n) is 10.3. The lowest BCUT2D eigenvalue weighted by atomic mass is 10.1. The molecule has 17 heavy (non-hydrogen) atoms. The van der Waals surface area contributed by atoms with E-state index in [0.717, 1.165) is 12.8 Å². The van der Waals surface area contributed by atoms with Crippen LogP contribution in [0.15, 0.2) is 11.8 Å². The van der Waals surface area contributed by atoms with E-state index in [1.165, 1.54) is 30.4 Å². The number of amides is 2. The van der Waals surface area contributed by atoms with Gasteiger partial charge in [-0.25, -0.2) is 4.79 Å². The van der Waals surface area contributed by atoms with Gasteiger partial charge in [0.2, 0.25) is 0 Å². The van der Waals surface area contributed by atoms with Crippen LogP contribution in [0.1, 0.15) is 39.0 Å². The quantitative estimate of drug-likeness (QED) is 0.688. The van der Waals surface area contributed by atoms with Crippen molar-refractivity contribution >= 4 is 6.03 Å². The maximum atomic E-state index is 11.6. The second-order valence-corrected chi connectivity index (χ2v) is 4.21. The van der Waals surface area contributed by atoms with Crippen molar-refractivity contribution in [3.05, 3.63) is 11.8 Å². The topological polar surface area (TPSA) is 82.2 Å². The fourth-order valence-electron chi connectivity index (χ4n) is 1.83. The minimum Gasteiger partial charge on any atom is -0.313 e. The Kier molecular flexibility index (Phi) is 5.50. The number of hydrogen-bond acceptors (Lipinski definition) is 3. The van der Waals surface area contributed by atoms with E-state index in [1.807, 2.05) is 6.07 Å². The van der Waals surface area contributed by atoms with E-state index in [0.29, 0.717) is 12.1 Å². The normalized spacial score (nSPS) is 19.6. The fourth-order valence-corrected chi connectivity index (χ4v) is 1.83. The number of carbonyl (C=O) groups excluding carboxylic acids is 1. The van der Waals surface area contributed by atoms with Crippen LogP contribution in [0.2, 0.25) is 0 Å². The fraction of sp³-hybridized carbons (Fsp3) is 0.667. The van der Waals surface area contributed by atoms with Gasteiger partial charge in [-0.1, -0.05) is 32.6 Å². The van der Waals surface area contributed by atoms with Crippen LogP contribution >= 0.6 is 0 Å². The van der Waals surface area contributed by atoms with Crippen molar-refractivity contribution in [1.82, 2.24) is 10.2 Å². The maximum Gasteiger partial charge on any atom is 0.322 e. The average Bonchev–Trinajstić information content (AvgIpc) is 2.33. The lowest BCUT2D eigenvalue weighted by Gasteiger charge is -2.31. The van der Waals surface area contributed by atoms with Crippen molar-refractivity contribution in [2.75, 3.05) is 6.54 Å². The number of rotatable bonds is 6. The summed E-state index contributed by atoms with van der Waals surface area (Å²) < 4.78 is 0. The van der Waals surface area contributed by atoms with Crippen LogP contribution in [0, 0.1) is 11.3 Å². The molecule has 5 nitrogen and oxygen atoms in total. The van der Waals surface area contributed by atoms with Crippen LogP contribution in [0.5, 0.6) is 0 Å². The van der Waals surface area contributed by atoms with Gasteiger partial charge in [-0.05, 0) is 6.42 Å². The second-order valence-electron chi connectivity index (χ2n) is 4.21. The van der Waals surface area contributed by atoms with E-state index >= 15 is 0 Å². The second kappa shape index (κ2) is 6.92. The Morgan fingerprint density at radius 2 is 2.18 bits per heavy atom. The summed E-state index contributed by atoms with van der Waals surface area (Å²) in [5.41, 5.74) is 6.24. The van der Waals surface area contributed by atoms with Gasteiger partial charge in [-0.2, -0.15) is 5.26 Å². The van der Waals surface area contributed by atoms with Crippen molar-refractivity contribution < 1.29 is 4.79 Å². The molecule has 1 rings (SSSR count). The van der Waals surface area contributed by atoms with E-state index < -0.39 is 6.17 Å². The molecule has 0 spiro atoms. The summed E-state index contributed by atoms with van der Waals surface area (Å²) in [5.74, 6) is 0. The Labute approximate surface area is 102 Å². The standard InChI is InChI=1S/C12H20N4O/c1-2-3-4-5-6-7-16-11(14)10(8-13)9-15-12(16)17/h9,11H,2-7,14H2,1H3,(H,15,17). The molecule has 1 atom stereocenters. The number of nitriles is 1. The van der Waals surface area contributed by atoms with Gasteiger partial charge in [0.1, 0.15) is 6.17 Å². The predicted octanol–water partition coefficient (Wildman–Crippen LogP) is 1.67. The lowest BCUT2D eigenvalue weighted by molar-refractivity contribution is 0.182. The van der Waals surface area contributed by atoms with Crippen LogP contribution in [-0.2, 0) is 0 Å². The molecule has 0 aromatic rings. The van der Waals surface area contributed by atoms with Crippen LogP contribution in [0.25, 0.3) is 0 Å². The van der Waals surface area contributed by atoms with Gasteiger partial charge in [0.15, 0.2) is 0 Å². The van der Waals surface area contributed by atoms with E-state index in [-0.39, 0.29) is 6.03 Å². The number of nitrogens with two attached hydrogens (primary N) is 1. The Bertz CT molecular complexity index is 332. The van der Waals surface area contributed by atoms with Gasteiger partial charge in [0.25, 0.3) is 0 Å². The van der Waals surface area contributed by atoms with E-state index in [9.17, 15) is 4.79 Å². The molecule has 1 aliphatic heterocycles. The predicted molar refractivity (Wildman–Crippen MR) is 65.7 cm³/mol. The van der Waals surface area contributed by atoms with E-state index in [1.54, 1.807) is 0 Å². The van der Waals surface area contributed by atoms with E-state index in [4.69, 9.17) is 11.0 Å². The smallest absolute Gasteiger partial charge is 0.313 e. The zero-order chi connectivity index (χ0) is 12.7. The molecule has 1 heterocycles. The first kappa shape index (κ1) is 13.5. The van der Waals surface area contributed by atoms with Crippen molar-refractivity contribution in [2.24, 2.45) is 5.73 Å².